The van der Waals surface area contributed by atoms with Crippen LogP contribution in [0.25, 0.3) is 0 Å². The smallest absolute Gasteiger partial charge is 0.0801 e. The van der Waals surface area contributed by atoms with Crippen molar-refractivity contribution in [2.45, 2.75) is 11.3 Å². The first kappa shape index (κ1) is 7.79. The van der Waals surface area contributed by atoms with Crippen molar-refractivity contribution in [2.75, 3.05) is 6.54 Å². The van der Waals surface area contributed by atoms with Crippen LogP contribution < -0.4 is 11.3 Å². The van der Waals surface area contributed by atoms with Gasteiger partial charge in [-0.25, -0.2) is 0 Å². The number of hydrogen-bond acceptors (Lipinski definition) is 2. The lowest BCUT2D eigenvalue weighted by atomic mass is 10.0. The number of rotatable bonds is 2. The Bertz CT molecular complexity index is 165. The standard InChI is InChI=1S/C7H11ClN2/c8-7(6-10-9)4-2-1-3-5-7/h1-4,10H,5-6,9H2. The van der Waals surface area contributed by atoms with Gasteiger partial charge in [0.1, 0.15) is 0 Å². The second kappa shape index (κ2) is 3.19. The van der Waals surface area contributed by atoms with E-state index in [0.29, 0.717) is 6.54 Å². The summed E-state index contributed by atoms with van der Waals surface area (Å²) in [7, 11) is 0. The van der Waals surface area contributed by atoms with Gasteiger partial charge in [-0.1, -0.05) is 24.3 Å². The zero-order chi connectivity index (χ0) is 7.45. The van der Waals surface area contributed by atoms with Gasteiger partial charge in [0, 0.05) is 6.54 Å². The topological polar surface area (TPSA) is 38.0 Å². The van der Waals surface area contributed by atoms with Crippen molar-refractivity contribution in [3.63, 3.8) is 0 Å². The summed E-state index contributed by atoms with van der Waals surface area (Å²) < 4.78 is 0. The summed E-state index contributed by atoms with van der Waals surface area (Å²) in [6, 6.07) is 0. The molecule has 0 spiro atoms. The molecule has 2 nitrogen and oxygen atoms in total. The van der Waals surface area contributed by atoms with E-state index in [0.717, 1.165) is 6.42 Å². The number of nitrogens with one attached hydrogen (secondary N) is 1. The van der Waals surface area contributed by atoms with E-state index in [9.17, 15) is 0 Å². The number of nitrogens with two attached hydrogens (primary N) is 1. The number of hydrazine groups is 1. The maximum Gasteiger partial charge on any atom is 0.0801 e. The van der Waals surface area contributed by atoms with Crippen LogP contribution in [0.3, 0.4) is 0 Å². The highest BCUT2D eigenvalue weighted by molar-refractivity contribution is 6.25. The third-order valence-electron chi connectivity index (χ3n) is 1.50. The summed E-state index contributed by atoms with van der Waals surface area (Å²) in [6.45, 7) is 0.607. The SMILES string of the molecule is NNCC1(Cl)C=CC=CC1. The maximum absolute atomic E-state index is 6.09. The van der Waals surface area contributed by atoms with Gasteiger partial charge >= 0.3 is 0 Å². The molecule has 56 valence electrons. The minimum absolute atomic E-state index is 0.302. The Balaban J connectivity index is 2.52. The molecule has 1 atom stereocenters. The maximum atomic E-state index is 6.09. The van der Waals surface area contributed by atoms with E-state index in [-0.39, 0.29) is 4.87 Å². The summed E-state index contributed by atoms with van der Waals surface area (Å²) in [6.07, 6.45) is 8.75. The van der Waals surface area contributed by atoms with E-state index in [2.05, 4.69) is 5.43 Å². The summed E-state index contributed by atoms with van der Waals surface area (Å²) in [5.74, 6) is 5.15. The Morgan fingerprint density at radius 2 is 2.40 bits per heavy atom. The molecule has 3 heteroatoms. The summed E-state index contributed by atoms with van der Waals surface area (Å²) in [5.41, 5.74) is 2.56. The second-order valence-corrected chi connectivity index (χ2v) is 3.16. The molecular formula is C7H11ClN2. The van der Waals surface area contributed by atoms with Gasteiger partial charge < -0.3 is 0 Å². The van der Waals surface area contributed by atoms with Gasteiger partial charge in [0.15, 0.2) is 0 Å². The Morgan fingerprint density at radius 1 is 1.60 bits per heavy atom. The highest BCUT2D eigenvalue weighted by atomic mass is 35.5. The molecule has 0 saturated carbocycles. The molecule has 1 rings (SSSR count). The normalized spacial score (nSPS) is 31.0. The first-order chi connectivity index (χ1) is 4.77. The molecule has 0 heterocycles. The van der Waals surface area contributed by atoms with Crippen molar-refractivity contribution in [2.24, 2.45) is 5.84 Å². The van der Waals surface area contributed by atoms with E-state index >= 15 is 0 Å². The third kappa shape index (κ3) is 1.84. The quantitative estimate of drug-likeness (QED) is 0.357. The monoisotopic (exact) mass is 158 g/mol. The fourth-order valence-corrected chi connectivity index (χ4v) is 1.18. The van der Waals surface area contributed by atoms with Crippen molar-refractivity contribution in [3.8, 4) is 0 Å². The molecule has 0 amide bonds. The molecule has 1 aliphatic rings. The van der Waals surface area contributed by atoms with Crippen LogP contribution in [0.2, 0.25) is 0 Å². The lowest BCUT2D eigenvalue weighted by Crippen LogP contribution is -2.37. The average molecular weight is 159 g/mol. The molecule has 0 bridgehead atoms. The minimum atomic E-state index is -0.302. The van der Waals surface area contributed by atoms with Gasteiger partial charge in [-0.15, -0.1) is 11.6 Å². The summed E-state index contributed by atoms with van der Waals surface area (Å²) in [5, 5.41) is 0. The van der Waals surface area contributed by atoms with Crippen molar-refractivity contribution in [1.29, 1.82) is 0 Å². The van der Waals surface area contributed by atoms with E-state index in [1.807, 2.05) is 24.3 Å². The Morgan fingerprint density at radius 3 is 2.90 bits per heavy atom. The fraction of sp³-hybridized carbons (Fsp3) is 0.429. The zero-order valence-corrected chi connectivity index (χ0v) is 6.43. The molecule has 0 aromatic rings. The van der Waals surface area contributed by atoms with Crippen LogP contribution in [-0.2, 0) is 0 Å². The molecule has 1 unspecified atom stereocenters. The Hall–Kier alpha value is -0.310. The number of alkyl halides is 1. The Kier molecular flexibility index (Phi) is 2.49. The first-order valence-electron chi connectivity index (χ1n) is 3.24. The summed E-state index contributed by atoms with van der Waals surface area (Å²) in [4.78, 5) is -0.302. The van der Waals surface area contributed by atoms with Crippen molar-refractivity contribution in [3.05, 3.63) is 24.3 Å². The van der Waals surface area contributed by atoms with Crippen LogP contribution in [0.15, 0.2) is 24.3 Å². The molecule has 3 N–H and O–H groups in total. The van der Waals surface area contributed by atoms with Crippen molar-refractivity contribution in [1.82, 2.24) is 5.43 Å². The van der Waals surface area contributed by atoms with Crippen molar-refractivity contribution >= 4 is 11.6 Å². The van der Waals surface area contributed by atoms with Gasteiger partial charge in [-0.05, 0) is 6.42 Å². The lowest BCUT2D eigenvalue weighted by molar-refractivity contribution is 0.606. The molecule has 0 aliphatic heterocycles. The van der Waals surface area contributed by atoms with Crippen LogP contribution in [-0.4, -0.2) is 11.4 Å². The molecule has 0 saturated heterocycles. The predicted octanol–water partition coefficient (Wildman–Crippen LogP) is 0.943. The molecule has 0 aromatic heterocycles. The van der Waals surface area contributed by atoms with E-state index < -0.39 is 0 Å². The molecule has 0 aromatic carbocycles. The summed E-state index contributed by atoms with van der Waals surface area (Å²) >= 11 is 6.09. The number of halogens is 1. The van der Waals surface area contributed by atoms with Crippen LogP contribution in [0.4, 0.5) is 0 Å². The van der Waals surface area contributed by atoms with Crippen molar-refractivity contribution < 1.29 is 0 Å². The molecule has 1 aliphatic carbocycles. The second-order valence-electron chi connectivity index (χ2n) is 2.41. The highest BCUT2D eigenvalue weighted by Crippen LogP contribution is 2.23. The van der Waals surface area contributed by atoms with E-state index in [1.54, 1.807) is 0 Å². The van der Waals surface area contributed by atoms with E-state index in [1.165, 1.54) is 0 Å². The molecule has 10 heavy (non-hydrogen) atoms. The largest absolute Gasteiger partial charge is 0.271 e. The fourth-order valence-electron chi connectivity index (χ4n) is 0.939. The van der Waals surface area contributed by atoms with Crippen LogP contribution in [0.1, 0.15) is 6.42 Å². The zero-order valence-electron chi connectivity index (χ0n) is 5.68. The van der Waals surface area contributed by atoms with Gasteiger partial charge in [0.05, 0.1) is 4.87 Å². The van der Waals surface area contributed by atoms with Crippen LogP contribution >= 0.6 is 11.6 Å². The minimum Gasteiger partial charge on any atom is -0.271 e. The molecule has 0 fully saturated rings. The average Bonchev–Trinajstić information content (AvgIpc) is 1.89. The molecular weight excluding hydrogens is 148 g/mol. The van der Waals surface area contributed by atoms with E-state index in [4.69, 9.17) is 17.4 Å². The van der Waals surface area contributed by atoms with Gasteiger partial charge in [-0.2, -0.15) is 0 Å². The first-order valence-corrected chi connectivity index (χ1v) is 3.61. The molecule has 0 radical (unpaired) electrons. The van der Waals surface area contributed by atoms with Gasteiger partial charge in [0.25, 0.3) is 0 Å². The van der Waals surface area contributed by atoms with Crippen LogP contribution in [0.5, 0.6) is 0 Å². The number of allylic oxidation sites excluding steroid dienone is 3. The number of hydrogen-bond donors (Lipinski definition) is 2. The van der Waals surface area contributed by atoms with Gasteiger partial charge in [-0.3, -0.25) is 11.3 Å². The highest BCUT2D eigenvalue weighted by Gasteiger charge is 2.22. The Labute approximate surface area is 65.7 Å². The van der Waals surface area contributed by atoms with Gasteiger partial charge in [0.2, 0.25) is 0 Å². The predicted molar refractivity (Wildman–Crippen MR) is 43.7 cm³/mol. The lowest BCUT2D eigenvalue weighted by Gasteiger charge is -2.22. The third-order valence-corrected chi connectivity index (χ3v) is 1.91. The van der Waals surface area contributed by atoms with Crippen LogP contribution in [0, 0.1) is 0 Å².